The Labute approximate surface area is 164 Å². The number of likely N-dealkylation sites (N-methyl/N-ethyl adjacent to an activating group) is 2. The summed E-state index contributed by atoms with van der Waals surface area (Å²) in [6.07, 6.45) is 4.48. The number of hydrogen-bond donors (Lipinski definition) is 0. The zero-order chi connectivity index (χ0) is 18.6. The summed E-state index contributed by atoms with van der Waals surface area (Å²) in [6.45, 7) is 7.35. The first-order valence-electron chi connectivity index (χ1n) is 9.07. The Balaban J connectivity index is 0. The Hall–Kier alpha value is -0.660. The summed E-state index contributed by atoms with van der Waals surface area (Å²) >= 11 is 0. The first kappa shape index (κ1) is 26.6. The average Bonchev–Trinajstić information content (AvgIpc) is 2.41. The number of nitrogens with zero attached hydrogens (tertiary/aromatic N) is 2. The second kappa shape index (κ2) is 13.5. The summed E-state index contributed by atoms with van der Waals surface area (Å²) in [6, 6.07) is 0. The molecule has 0 aliphatic carbocycles. The van der Waals surface area contributed by atoms with Crippen LogP contribution in [0.2, 0.25) is 0 Å². The highest BCUT2D eigenvalue weighted by atomic mass is 79.9. The summed E-state index contributed by atoms with van der Waals surface area (Å²) in [5.41, 5.74) is 0. The van der Waals surface area contributed by atoms with Crippen molar-refractivity contribution in [2.75, 3.05) is 67.6 Å². The van der Waals surface area contributed by atoms with Crippen LogP contribution in [0.3, 0.4) is 0 Å². The fourth-order valence-electron chi connectivity index (χ4n) is 2.70. The van der Waals surface area contributed by atoms with Crippen molar-refractivity contribution in [1.29, 1.82) is 0 Å². The van der Waals surface area contributed by atoms with E-state index in [0.29, 0.717) is 35.3 Å². The summed E-state index contributed by atoms with van der Waals surface area (Å²) in [7, 11) is 8.26. The van der Waals surface area contributed by atoms with Crippen LogP contribution in [0.5, 0.6) is 0 Å². The third-order valence-corrected chi connectivity index (χ3v) is 4.00. The molecule has 0 bridgehead atoms. The van der Waals surface area contributed by atoms with Crippen molar-refractivity contribution in [1.82, 2.24) is 0 Å². The maximum Gasteiger partial charge on any atom is 0.361 e. The van der Waals surface area contributed by atoms with Crippen molar-refractivity contribution in [3.05, 3.63) is 0 Å². The third-order valence-electron chi connectivity index (χ3n) is 4.00. The molecular weight excluding hydrogens is 388 g/mol. The lowest BCUT2D eigenvalue weighted by molar-refractivity contribution is -0.884. The lowest BCUT2D eigenvalue weighted by Gasteiger charge is -2.29. The van der Waals surface area contributed by atoms with Crippen molar-refractivity contribution in [2.45, 2.75) is 39.5 Å². The van der Waals surface area contributed by atoms with Gasteiger partial charge in [0.1, 0.15) is 0 Å². The molecule has 0 aromatic heterocycles. The number of quaternary nitrogens is 2. The molecule has 0 heterocycles. The predicted molar refractivity (Wildman–Crippen MR) is 95.4 cm³/mol. The van der Waals surface area contributed by atoms with E-state index in [9.17, 15) is 9.59 Å². The van der Waals surface area contributed by atoms with Crippen LogP contribution >= 0.6 is 0 Å². The molecule has 0 spiro atoms. The molecule has 0 amide bonds. The molecular formula is C18H38BrN2O4+. The van der Waals surface area contributed by atoms with Crippen molar-refractivity contribution >= 4 is 11.9 Å². The average molecular weight is 426 g/mol. The summed E-state index contributed by atoms with van der Waals surface area (Å²) < 4.78 is 11.4. The highest BCUT2D eigenvalue weighted by molar-refractivity contribution is 5.70. The van der Waals surface area contributed by atoms with E-state index in [4.69, 9.17) is 9.47 Å². The van der Waals surface area contributed by atoms with E-state index in [2.05, 4.69) is 28.2 Å². The van der Waals surface area contributed by atoms with Gasteiger partial charge in [-0.2, -0.15) is 0 Å². The third kappa shape index (κ3) is 15.3. The van der Waals surface area contributed by atoms with E-state index in [1.165, 1.54) is 0 Å². The van der Waals surface area contributed by atoms with Crippen LogP contribution in [0.1, 0.15) is 39.5 Å². The summed E-state index contributed by atoms with van der Waals surface area (Å²) in [4.78, 5) is 23.1. The van der Waals surface area contributed by atoms with Gasteiger partial charge in [-0.3, -0.25) is 0 Å². The van der Waals surface area contributed by atoms with Crippen molar-refractivity contribution in [2.24, 2.45) is 0 Å². The van der Waals surface area contributed by atoms with Gasteiger partial charge >= 0.3 is 11.9 Å². The van der Waals surface area contributed by atoms with Gasteiger partial charge in [0.05, 0.1) is 54.5 Å². The first-order valence-corrected chi connectivity index (χ1v) is 9.07. The van der Waals surface area contributed by atoms with Crippen LogP contribution in [0.15, 0.2) is 0 Å². The highest BCUT2D eigenvalue weighted by Crippen LogP contribution is 2.09. The van der Waals surface area contributed by atoms with Crippen LogP contribution in [-0.4, -0.2) is 88.5 Å². The Morgan fingerprint density at radius 3 is 1.28 bits per heavy atom. The van der Waals surface area contributed by atoms with Crippen LogP contribution < -0.4 is 17.0 Å². The van der Waals surface area contributed by atoms with Crippen molar-refractivity contribution in [3.63, 3.8) is 0 Å². The number of rotatable bonds is 13. The quantitative estimate of drug-likeness (QED) is 0.212. The van der Waals surface area contributed by atoms with Crippen LogP contribution in [-0.2, 0) is 19.1 Å². The lowest BCUT2D eigenvalue weighted by Crippen LogP contribution is -3.00. The zero-order valence-electron chi connectivity index (χ0n) is 17.0. The van der Waals surface area contributed by atoms with Gasteiger partial charge in [-0.1, -0.05) is 0 Å². The largest absolute Gasteiger partial charge is 1.00 e. The van der Waals surface area contributed by atoms with Crippen LogP contribution in [0.4, 0.5) is 0 Å². The summed E-state index contributed by atoms with van der Waals surface area (Å²) in [5.74, 6) is -0.249. The van der Waals surface area contributed by atoms with Gasteiger partial charge in [0.25, 0.3) is 0 Å². The monoisotopic (exact) mass is 425 g/mol. The van der Waals surface area contributed by atoms with Gasteiger partial charge in [0.15, 0.2) is 13.1 Å². The molecule has 7 heteroatoms. The minimum atomic E-state index is -0.125. The van der Waals surface area contributed by atoms with Gasteiger partial charge in [-0.25, -0.2) is 9.59 Å². The molecule has 0 atom stereocenters. The number of unbranched alkanes of at least 4 members (excludes halogenated alkanes) is 3. The molecule has 0 radical (unpaired) electrons. The second-order valence-electron chi connectivity index (χ2n) is 7.66. The molecule has 150 valence electrons. The second-order valence-corrected chi connectivity index (χ2v) is 7.66. The predicted octanol–water partition coefficient (Wildman–Crippen LogP) is -1.17. The Bertz CT molecular complexity index is 351. The summed E-state index contributed by atoms with van der Waals surface area (Å²) in [5, 5.41) is 0. The molecule has 0 saturated carbocycles. The van der Waals surface area contributed by atoms with E-state index < -0.39 is 0 Å². The maximum absolute atomic E-state index is 11.6. The minimum absolute atomic E-state index is 0. The highest BCUT2D eigenvalue weighted by Gasteiger charge is 2.21. The van der Waals surface area contributed by atoms with Crippen molar-refractivity contribution < 1.29 is 45.0 Å². The minimum Gasteiger partial charge on any atom is -1.00 e. The van der Waals surface area contributed by atoms with Gasteiger partial charge < -0.3 is 35.4 Å². The standard InChI is InChI=1S/C18H38N2O4.BrH/c1-7-23-17(21)15-19(3,4)13-11-9-10-12-14-20(5,6)16-18(22)24-8-2;/h7-16H2,1-6H3;1H/q+2;/p-1. The van der Waals surface area contributed by atoms with E-state index in [0.717, 1.165) is 38.8 Å². The molecule has 0 aromatic rings. The molecule has 0 N–H and O–H groups in total. The van der Waals surface area contributed by atoms with Crippen LogP contribution in [0.25, 0.3) is 0 Å². The number of ether oxygens (including phenoxy) is 2. The molecule has 0 saturated heterocycles. The first-order chi connectivity index (χ1) is 11.1. The normalized spacial score (nSPS) is 11.6. The molecule has 0 aliphatic rings. The van der Waals surface area contributed by atoms with E-state index in [1.54, 1.807) is 0 Å². The number of carbonyl (C=O) groups excluding carboxylic acids is 2. The van der Waals surface area contributed by atoms with Crippen molar-refractivity contribution in [3.8, 4) is 0 Å². The number of hydrogen-bond acceptors (Lipinski definition) is 4. The Morgan fingerprint density at radius 1 is 0.680 bits per heavy atom. The van der Waals surface area contributed by atoms with E-state index in [1.807, 2.05) is 13.8 Å². The Morgan fingerprint density at radius 2 is 1.00 bits per heavy atom. The van der Waals surface area contributed by atoms with E-state index >= 15 is 0 Å². The van der Waals surface area contributed by atoms with Gasteiger partial charge in [0, 0.05) is 0 Å². The SMILES string of the molecule is CCOC(=O)C[N+](C)(C)CCCCCC[N+](C)(C)CC(=O)OCC.[Br-]. The maximum atomic E-state index is 11.6. The fraction of sp³-hybridized carbons (Fsp3) is 0.889. The van der Waals surface area contributed by atoms with Crippen LogP contribution in [0, 0.1) is 0 Å². The Kier molecular flexibility index (Phi) is 14.4. The molecule has 6 nitrogen and oxygen atoms in total. The molecule has 0 aliphatic heterocycles. The smallest absolute Gasteiger partial charge is 0.361 e. The molecule has 0 fully saturated rings. The fourth-order valence-corrected chi connectivity index (χ4v) is 2.70. The topological polar surface area (TPSA) is 52.6 Å². The number of carbonyl (C=O) groups is 2. The zero-order valence-corrected chi connectivity index (χ0v) is 18.6. The molecule has 0 unspecified atom stereocenters. The van der Waals surface area contributed by atoms with Gasteiger partial charge in [-0.05, 0) is 39.5 Å². The lowest BCUT2D eigenvalue weighted by atomic mass is 10.1. The van der Waals surface area contributed by atoms with E-state index in [-0.39, 0.29) is 28.9 Å². The molecule has 0 aromatic carbocycles. The van der Waals surface area contributed by atoms with Gasteiger partial charge in [0.2, 0.25) is 0 Å². The molecule has 25 heavy (non-hydrogen) atoms. The number of esters is 2. The molecule has 0 rings (SSSR count). The number of halogens is 1. The van der Waals surface area contributed by atoms with Gasteiger partial charge in [-0.15, -0.1) is 0 Å².